The number of carbonyl (C=O) groups excluding carboxylic acids is 1. The first-order valence-corrected chi connectivity index (χ1v) is 9.71. The van der Waals surface area contributed by atoms with Gasteiger partial charge < -0.3 is 15.1 Å². The van der Waals surface area contributed by atoms with E-state index in [1.807, 2.05) is 24.4 Å². The van der Waals surface area contributed by atoms with Crippen LogP contribution in [-0.4, -0.2) is 59.2 Å². The summed E-state index contributed by atoms with van der Waals surface area (Å²) in [5, 5.41) is 10.6. The van der Waals surface area contributed by atoms with Crippen LogP contribution in [-0.2, 0) is 17.8 Å². The quantitative estimate of drug-likeness (QED) is 0.671. The molecule has 1 aliphatic rings. The van der Waals surface area contributed by atoms with Crippen molar-refractivity contribution in [3.05, 3.63) is 64.2 Å². The van der Waals surface area contributed by atoms with Gasteiger partial charge in [0.05, 0.1) is 17.5 Å². The van der Waals surface area contributed by atoms with Crippen LogP contribution in [0.25, 0.3) is 10.8 Å². The molecule has 1 saturated heterocycles. The molecule has 0 atom stereocenters. The third kappa shape index (κ3) is 4.43. The Morgan fingerprint density at radius 3 is 2.59 bits per heavy atom. The summed E-state index contributed by atoms with van der Waals surface area (Å²) in [5.41, 5.74) is 1.24. The number of carbonyl (C=O) groups is 1. The van der Waals surface area contributed by atoms with Gasteiger partial charge >= 0.3 is 0 Å². The number of piperazine rings is 1. The van der Waals surface area contributed by atoms with Crippen molar-refractivity contribution in [3.63, 3.8) is 0 Å². The van der Waals surface area contributed by atoms with E-state index in [4.69, 9.17) is 0 Å². The molecule has 2 aromatic heterocycles. The molecule has 0 saturated carbocycles. The maximum atomic E-state index is 12.4. The molecule has 3 heterocycles. The number of aromatic nitrogens is 3. The Kier molecular flexibility index (Phi) is 5.53. The van der Waals surface area contributed by atoms with E-state index in [1.165, 1.54) is 0 Å². The van der Waals surface area contributed by atoms with Gasteiger partial charge in [-0.3, -0.25) is 9.59 Å². The topological polar surface area (TPSA) is 94.2 Å². The van der Waals surface area contributed by atoms with Crippen LogP contribution in [0.3, 0.4) is 0 Å². The third-order valence-corrected chi connectivity index (χ3v) is 5.23. The number of aromatic amines is 1. The largest absolute Gasteiger partial charge is 0.354 e. The molecule has 0 bridgehead atoms. The van der Waals surface area contributed by atoms with Gasteiger partial charge in [-0.05, 0) is 24.7 Å². The molecule has 0 spiro atoms. The van der Waals surface area contributed by atoms with Gasteiger partial charge in [-0.15, -0.1) is 0 Å². The lowest BCUT2D eigenvalue weighted by atomic mass is 10.1. The van der Waals surface area contributed by atoms with Crippen molar-refractivity contribution in [2.45, 2.75) is 13.0 Å². The minimum atomic E-state index is -0.253. The summed E-state index contributed by atoms with van der Waals surface area (Å²) in [6.45, 7) is 4.41. The Bertz CT molecular complexity index is 1050. The smallest absolute Gasteiger partial charge is 0.272 e. The lowest BCUT2D eigenvalue weighted by Crippen LogP contribution is -2.44. The van der Waals surface area contributed by atoms with E-state index in [1.54, 1.807) is 18.2 Å². The first-order chi connectivity index (χ1) is 14.1. The summed E-state index contributed by atoms with van der Waals surface area (Å²) in [7, 11) is 2.13. The number of pyridine rings is 1. The SMILES string of the molecule is CN1CCN(c2ccc(CNC(=O)Cc3n[nH]c(=O)c4ccccc34)cn2)CC1. The Hall–Kier alpha value is -3.26. The molecule has 1 aliphatic heterocycles. The lowest BCUT2D eigenvalue weighted by Gasteiger charge is -2.33. The van der Waals surface area contributed by atoms with E-state index in [9.17, 15) is 9.59 Å². The van der Waals surface area contributed by atoms with Gasteiger partial charge in [-0.25, -0.2) is 10.1 Å². The van der Waals surface area contributed by atoms with Crippen molar-refractivity contribution in [2.24, 2.45) is 0 Å². The molecule has 1 fully saturated rings. The molecular formula is C21H24N6O2. The minimum absolute atomic E-state index is 0.101. The van der Waals surface area contributed by atoms with Crippen LogP contribution in [0.15, 0.2) is 47.4 Å². The predicted octanol–water partition coefficient (Wildman–Crippen LogP) is 0.929. The van der Waals surface area contributed by atoms with Gasteiger partial charge in [0.15, 0.2) is 0 Å². The monoisotopic (exact) mass is 392 g/mol. The van der Waals surface area contributed by atoms with Crippen LogP contribution in [0, 0.1) is 0 Å². The number of likely N-dealkylation sites (N-methyl/N-ethyl adjacent to an activating group) is 1. The highest BCUT2D eigenvalue weighted by atomic mass is 16.1. The molecule has 0 aliphatic carbocycles. The number of hydrogen-bond donors (Lipinski definition) is 2. The van der Waals surface area contributed by atoms with Crippen LogP contribution in [0.2, 0.25) is 0 Å². The molecule has 1 amide bonds. The maximum Gasteiger partial charge on any atom is 0.272 e. The summed E-state index contributed by atoms with van der Waals surface area (Å²) < 4.78 is 0. The summed E-state index contributed by atoms with van der Waals surface area (Å²) in [5.74, 6) is 0.815. The van der Waals surface area contributed by atoms with E-state index in [0.717, 1.165) is 37.6 Å². The van der Waals surface area contributed by atoms with Crippen molar-refractivity contribution < 1.29 is 4.79 Å². The maximum absolute atomic E-state index is 12.4. The Balaban J connectivity index is 1.35. The Labute approximate surface area is 168 Å². The van der Waals surface area contributed by atoms with Crippen molar-refractivity contribution in [1.29, 1.82) is 0 Å². The first-order valence-electron chi connectivity index (χ1n) is 9.71. The molecule has 2 N–H and O–H groups in total. The van der Waals surface area contributed by atoms with Crippen LogP contribution >= 0.6 is 0 Å². The second-order valence-electron chi connectivity index (χ2n) is 7.31. The Morgan fingerprint density at radius 2 is 1.86 bits per heavy atom. The van der Waals surface area contributed by atoms with Gasteiger partial charge in [0.1, 0.15) is 5.82 Å². The average Bonchev–Trinajstić information content (AvgIpc) is 2.75. The minimum Gasteiger partial charge on any atom is -0.354 e. The van der Waals surface area contributed by atoms with Crippen molar-refractivity contribution in [2.75, 3.05) is 38.1 Å². The van der Waals surface area contributed by atoms with E-state index in [-0.39, 0.29) is 17.9 Å². The number of rotatable bonds is 5. The third-order valence-electron chi connectivity index (χ3n) is 5.23. The number of fused-ring (bicyclic) bond motifs is 1. The van der Waals surface area contributed by atoms with Gasteiger partial charge in [0.2, 0.25) is 5.91 Å². The molecule has 0 unspecified atom stereocenters. The summed E-state index contributed by atoms with van der Waals surface area (Å²) in [6, 6.07) is 11.2. The molecule has 3 aromatic rings. The second-order valence-corrected chi connectivity index (χ2v) is 7.31. The predicted molar refractivity (Wildman–Crippen MR) is 112 cm³/mol. The summed E-state index contributed by atoms with van der Waals surface area (Å²) in [6.07, 6.45) is 1.91. The number of anilines is 1. The molecular weight excluding hydrogens is 368 g/mol. The highest BCUT2D eigenvalue weighted by molar-refractivity contribution is 5.88. The molecule has 0 radical (unpaired) electrons. The number of nitrogens with one attached hydrogen (secondary N) is 2. The summed E-state index contributed by atoms with van der Waals surface area (Å²) >= 11 is 0. The fraction of sp³-hybridized carbons (Fsp3) is 0.333. The average molecular weight is 392 g/mol. The summed E-state index contributed by atoms with van der Waals surface area (Å²) in [4.78, 5) is 33.4. The number of amides is 1. The van der Waals surface area contributed by atoms with E-state index in [0.29, 0.717) is 23.0 Å². The zero-order valence-electron chi connectivity index (χ0n) is 16.4. The van der Waals surface area contributed by atoms with Crippen molar-refractivity contribution in [1.82, 2.24) is 25.4 Å². The molecule has 29 heavy (non-hydrogen) atoms. The van der Waals surface area contributed by atoms with Crippen LogP contribution < -0.4 is 15.8 Å². The number of hydrogen-bond acceptors (Lipinski definition) is 6. The van der Waals surface area contributed by atoms with Gasteiger partial charge in [0, 0.05) is 44.3 Å². The fourth-order valence-electron chi connectivity index (χ4n) is 3.47. The zero-order chi connectivity index (χ0) is 20.2. The molecule has 1 aromatic carbocycles. The number of H-pyrrole nitrogens is 1. The van der Waals surface area contributed by atoms with Gasteiger partial charge in [-0.1, -0.05) is 24.3 Å². The van der Waals surface area contributed by atoms with Crippen LogP contribution in [0.1, 0.15) is 11.3 Å². The van der Waals surface area contributed by atoms with Crippen molar-refractivity contribution in [3.8, 4) is 0 Å². The normalized spacial score (nSPS) is 14.9. The molecule has 150 valence electrons. The highest BCUT2D eigenvalue weighted by Crippen LogP contribution is 2.14. The Morgan fingerprint density at radius 1 is 1.10 bits per heavy atom. The lowest BCUT2D eigenvalue weighted by molar-refractivity contribution is -0.120. The fourth-order valence-corrected chi connectivity index (χ4v) is 3.47. The molecule has 4 rings (SSSR count). The van der Waals surface area contributed by atoms with Crippen LogP contribution in [0.5, 0.6) is 0 Å². The van der Waals surface area contributed by atoms with Crippen molar-refractivity contribution >= 4 is 22.5 Å². The molecule has 8 heteroatoms. The number of nitrogens with zero attached hydrogens (tertiary/aromatic N) is 4. The zero-order valence-corrected chi connectivity index (χ0v) is 16.4. The standard InChI is InChI=1S/C21H24N6O2/c1-26-8-10-27(11-9-26)19-7-6-15(13-22-19)14-23-20(28)12-18-16-4-2-3-5-17(16)21(29)25-24-18/h2-7,13H,8-12,14H2,1H3,(H,23,28)(H,25,29). The van der Waals surface area contributed by atoms with E-state index >= 15 is 0 Å². The molecule has 8 nitrogen and oxygen atoms in total. The van der Waals surface area contributed by atoms with Crippen LogP contribution in [0.4, 0.5) is 5.82 Å². The van der Waals surface area contributed by atoms with E-state index < -0.39 is 0 Å². The first kappa shape index (κ1) is 19.1. The van der Waals surface area contributed by atoms with Gasteiger partial charge in [-0.2, -0.15) is 5.10 Å². The van der Waals surface area contributed by atoms with Gasteiger partial charge in [0.25, 0.3) is 5.56 Å². The second kappa shape index (κ2) is 8.40. The van der Waals surface area contributed by atoms with E-state index in [2.05, 4.69) is 37.3 Å². The number of benzene rings is 1. The highest BCUT2D eigenvalue weighted by Gasteiger charge is 2.15.